The lowest BCUT2D eigenvalue weighted by molar-refractivity contribution is -0.227. The van der Waals surface area contributed by atoms with Crippen LogP contribution in [0.4, 0.5) is 0 Å². The Morgan fingerprint density at radius 2 is 1.52 bits per heavy atom. The van der Waals surface area contributed by atoms with Crippen LogP contribution in [0, 0.1) is 56.7 Å². The zero-order valence-electron chi connectivity index (χ0n) is 26.3. The summed E-state index contributed by atoms with van der Waals surface area (Å²) < 4.78 is 6.04. The molecule has 6 rings (SSSR count). The minimum absolute atomic E-state index is 0.0386. The van der Waals surface area contributed by atoms with Gasteiger partial charge in [0.2, 0.25) is 0 Å². The summed E-state index contributed by atoms with van der Waals surface area (Å²) in [6.07, 6.45) is 10.3. The average Bonchev–Trinajstić information content (AvgIpc) is 2.89. The predicted octanol–water partition coefficient (Wildman–Crippen LogP) is 5.88. The smallest absolute Gasteiger partial charge is 0.110 e. The molecule has 228 valence electrons. The second kappa shape index (κ2) is 9.52. The fourth-order valence-electron chi connectivity index (χ4n) is 12.1. The third-order valence-electron chi connectivity index (χ3n) is 14.7. The van der Waals surface area contributed by atoms with Crippen molar-refractivity contribution in [1.82, 2.24) is 0 Å². The van der Waals surface area contributed by atoms with Crippen LogP contribution in [0.1, 0.15) is 113 Å². The van der Waals surface area contributed by atoms with E-state index < -0.39 is 24.4 Å². The Hall–Kier alpha value is -0.460. The van der Waals surface area contributed by atoms with Gasteiger partial charge in [-0.15, -0.1) is 0 Å². The van der Waals surface area contributed by atoms with Crippen LogP contribution in [0.3, 0.4) is 0 Å². The van der Waals surface area contributed by atoms with E-state index in [1.807, 2.05) is 6.92 Å². The van der Waals surface area contributed by atoms with Gasteiger partial charge in [-0.05, 0) is 110 Å². The highest BCUT2D eigenvalue weighted by atomic mass is 16.5. The van der Waals surface area contributed by atoms with Crippen LogP contribution >= 0.6 is 0 Å². The predicted molar refractivity (Wildman–Crippen MR) is 157 cm³/mol. The maximum absolute atomic E-state index is 12.2. The number of aliphatic hydroxyl groups is 4. The summed E-state index contributed by atoms with van der Waals surface area (Å²) in [5, 5.41) is 44.6. The summed E-state index contributed by atoms with van der Waals surface area (Å²) >= 11 is 0. The van der Waals surface area contributed by atoms with Crippen LogP contribution in [0.15, 0.2) is 11.6 Å². The van der Waals surface area contributed by atoms with E-state index in [1.165, 1.54) is 12.8 Å². The van der Waals surface area contributed by atoms with Crippen molar-refractivity contribution in [3.8, 4) is 0 Å². The lowest BCUT2D eigenvalue weighted by Gasteiger charge is -2.68. The molecule has 0 spiro atoms. The molecule has 5 nitrogen and oxygen atoms in total. The maximum atomic E-state index is 12.2. The summed E-state index contributed by atoms with van der Waals surface area (Å²) in [6, 6.07) is 0. The Morgan fingerprint density at radius 1 is 0.825 bits per heavy atom. The molecule has 40 heavy (non-hydrogen) atoms. The summed E-state index contributed by atoms with van der Waals surface area (Å²) in [6.45, 7) is 16.6. The second-order valence-electron chi connectivity index (χ2n) is 17.4. The van der Waals surface area contributed by atoms with Crippen LogP contribution in [0.25, 0.3) is 0 Å². The molecule has 0 aromatic carbocycles. The molecule has 0 aromatic rings. The summed E-state index contributed by atoms with van der Waals surface area (Å²) in [4.78, 5) is 0. The van der Waals surface area contributed by atoms with Gasteiger partial charge in [-0.1, -0.05) is 60.1 Å². The molecule has 13 atom stereocenters. The van der Waals surface area contributed by atoms with Crippen LogP contribution in [0.5, 0.6) is 0 Å². The van der Waals surface area contributed by atoms with Gasteiger partial charge in [-0.25, -0.2) is 0 Å². The number of rotatable bonds is 2. The van der Waals surface area contributed by atoms with Crippen molar-refractivity contribution in [2.24, 2.45) is 56.7 Å². The van der Waals surface area contributed by atoms with E-state index >= 15 is 0 Å². The first kappa shape index (κ1) is 29.6. The van der Waals surface area contributed by atoms with E-state index in [2.05, 4.69) is 47.6 Å². The minimum atomic E-state index is -0.857. The first-order valence-electron chi connectivity index (χ1n) is 16.6. The highest BCUT2D eigenvalue weighted by Crippen LogP contribution is 2.72. The van der Waals surface area contributed by atoms with Crippen LogP contribution < -0.4 is 0 Å². The molecule has 5 aliphatic carbocycles. The van der Waals surface area contributed by atoms with Crippen LogP contribution in [-0.2, 0) is 4.74 Å². The fraction of sp³-hybridized carbons (Fsp3) is 0.943. The maximum Gasteiger partial charge on any atom is 0.110 e. The molecular formula is C35H58O5. The van der Waals surface area contributed by atoms with Gasteiger partial charge >= 0.3 is 0 Å². The van der Waals surface area contributed by atoms with Crippen molar-refractivity contribution in [1.29, 1.82) is 0 Å². The zero-order valence-corrected chi connectivity index (χ0v) is 26.3. The molecule has 4 saturated carbocycles. The Kier molecular flexibility index (Phi) is 7.04. The number of hydrogen-bond acceptors (Lipinski definition) is 5. The van der Waals surface area contributed by atoms with Gasteiger partial charge in [-0.3, -0.25) is 0 Å². The monoisotopic (exact) mass is 558 g/mol. The van der Waals surface area contributed by atoms with Gasteiger partial charge in [0, 0.05) is 11.3 Å². The molecule has 0 aromatic heterocycles. The first-order chi connectivity index (χ1) is 18.6. The summed E-state index contributed by atoms with van der Waals surface area (Å²) in [7, 11) is 0. The number of aliphatic hydroxyl groups excluding tert-OH is 4. The molecule has 1 aliphatic heterocycles. The highest BCUT2D eigenvalue weighted by molar-refractivity contribution is 5.30. The van der Waals surface area contributed by atoms with Gasteiger partial charge in [-0.2, -0.15) is 0 Å². The fourth-order valence-corrected chi connectivity index (χ4v) is 12.1. The minimum Gasteiger partial charge on any atom is -0.393 e. The van der Waals surface area contributed by atoms with E-state index in [0.717, 1.165) is 51.4 Å². The molecule has 0 radical (unpaired) electrons. The SMILES string of the molecule is CC1C(O)[C@H](C(O)[C@@]23CCC4C(=CCC5[C@@]4(C)CCC4C(C)(C)[C@@H](O)CC[C@@]45C)C2CC(C)(C)CC3)OC[C@H]1O. The standard InChI is InChI=1S/C35H58O5/c1-20-24(36)19-40-29(28(20)38)30(39)35-15-10-22-21(23(35)18-31(2,3)16-17-35)8-9-26-33(22,6)13-11-25-32(4,5)27(37)12-14-34(25,26)7/h8,20,22-30,36-39H,9-19H2,1-7H3/t20?,22?,23?,24-,25?,26?,27+,28?,29-,30?,33+,34+,35-/m1/s1. The molecule has 5 heteroatoms. The number of fused-ring (bicyclic) bond motifs is 7. The largest absolute Gasteiger partial charge is 0.393 e. The van der Waals surface area contributed by atoms with Gasteiger partial charge in [0.15, 0.2) is 0 Å². The van der Waals surface area contributed by atoms with Gasteiger partial charge in [0.1, 0.15) is 6.10 Å². The first-order valence-corrected chi connectivity index (χ1v) is 16.6. The lowest BCUT2D eigenvalue weighted by Crippen LogP contribution is -2.64. The molecule has 1 saturated heterocycles. The molecule has 6 aliphatic rings. The van der Waals surface area contributed by atoms with Crippen molar-refractivity contribution in [2.45, 2.75) is 143 Å². The molecule has 0 amide bonds. The summed E-state index contributed by atoms with van der Waals surface area (Å²) in [5.41, 5.74) is 1.99. The van der Waals surface area contributed by atoms with E-state index in [1.54, 1.807) is 5.57 Å². The van der Waals surface area contributed by atoms with Gasteiger partial charge in [0.05, 0.1) is 31.0 Å². The van der Waals surface area contributed by atoms with E-state index in [-0.39, 0.29) is 45.7 Å². The van der Waals surface area contributed by atoms with E-state index in [0.29, 0.717) is 23.7 Å². The molecule has 0 bridgehead atoms. The lowest BCUT2D eigenvalue weighted by atomic mass is 9.36. The van der Waals surface area contributed by atoms with Gasteiger partial charge in [0.25, 0.3) is 0 Å². The third kappa shape index (κ3) is 4.03. The topological polar surface area (TPSA) is 90.2 Å². The third-order valence-corrected chi connectivity index (χ3v) is 14.7. The van der Waals surface area contributed by atoms with Crippen molar-refractivity contribution in [3.05, 3.63) is 11.6 Å². The Balaban J connectivity index is 1.36. The summed E-state index contributed by atoms with van der Waals surface area (Å²) in [5.74, 6) is 1.71. The van der Waals surface area contributed by atoms with E-state index in [9.17, 15) is 20.4 Å². The van der Waals surface area contributed by atoms with Crippen molar-refractivity contribution in [2.75, 3.05) is 6.61 Å². The Morgan fingerprint density at radius 3 is 2.25 bits per heavy atom. The van der Waals surface area contributed by atoms with Crippen molar-refractivity contribution < 1.29 is 25.2 Å². The molecule has 1 heterocycles. The van der Waals surface area contributed by atoms with Crippen LogP contribution in [0.2, 0.25) is 0 Å². The zero-order chi connectivity index (χ0) is 29.0. The number of ether oxygens (including phenoxy) is 1. The quantitative estimate of drug-likeness (QED) is 0.318. The number of allylic oxidation sites excluding steroid dienone is 2. The Labute approximate surface area is 243 Å². The van der Waals surface area contributed by atoms with Crippen LogP contribution in [-0.4, -0.2) is 57.6 Å². The molecule has 5 fully saturated rings. The average molecular weight is 559 g/mol. The van der Waals surface area contributed by atoms with Crippen molar-refractivity contribution >= 4 is 0 Å². The Bertz CT molecular complexity index is 1020. The highest BCUT2D eigenvalue weighted by Gasteiger charge is 2.66. The second-order valence-corrected chi connectivity index (χ2v) is 17.4. The number of hydrogen-bond donors (Lipinski definition) is 4. The normalized spacial score (nSPS) is 54.2. The molecular weight excluding hydrogens is 500 g/mol. The molecule has 7 unspecified atom stereocenters. The van der Waals surface area contributed by atoms with Crippen molar-refractivity contribution in [3.63, 3.8) is 0 Å². The molecule has 4 N–H and O–H groups in total. The van der Waals surface area contributed by atoms with Gasteiger partial charge < -0.3 is 25.2 Å². The van der Waals surface area contributed by atoms with E-state index in [4.69, 9.17) is 4.74 Å².